The average Bonchev–Trinajstić information content (AvgIpc) is 2.52. The molecule has 1 amide bonds. The third-order valence-electron chi connectivity index (χ3n) is 3.64. The Morgan fingerprint density at radius 3 is 2.77 bits per heavy atom. The highest BCUT2D eigenvalue weighted by Crippen LogP contribution is 2.23. The van der Waals surface area contributed by atoms with Crippen molar-refractivity contribution >= 4 is 23.3 Å². The normalized spacial score (nSPS) is 17.8. The number of para-hydroxylation sites is 2. The molecule has 2 rings (SSSR count). The highest BCUT2D eigenvalue weighted by molar-refractivity contribution is 5.87. The smallest absolute Gasteiger partial charge is 0.326 e. The number of carboxylic acids is 1. The molecular formula is C14H17N3O5. The van der Waals surface area contributed by atoms with Gasteiger partial charge in [0.1, 0.15) is 11.7 Å². The molecule has 0 spiro atoms. The minimum absolute atomic E-state index is 0.122. The third-order valence-corrected chi connectivity index (χ3v) is 3.64. The van der Waals surface area contributed by atoms with Crippen molar-refractivity contribution in [2.45, 2.75) is 25.3 Å². The largest absolute Gasteiger partial charge is 0.480 e. The van der Waals surface area contributed by atoms with E-state index in [2.05, 4.69) is 5.32 Å². The van der Waals surface area contributed by atoms with Gasteiger partial charge in [0, 0.05) is 12.6 Å². The summed E-state index contributed by atoms with van der Waals surface area (Å²) in [5, 5.41) is 22.8. The minimum Gasteiger partial charge on any atom is -0.480 e. The number of likely N-dealkylation sites (tertiary alicyclic amines) is 1. The lowest BCUT2D eigenvalue weighted by molar-refractivity contribution is -0.383. The summed E-state index contributed by atoms with van der Waals surface area (Å²) in [6.45, 7) is 0.225. The fourth-order valence-electron chi connectivity index (χ4n) is 2.54. The Morgan fingerprint density at radius 2 is 2.09 bits per heavy atom. The number of nitrogens with zero attached hydrogens (tertiary/aromatic N) is 2. The van der Waals surface area contributed by atoms with Gasteiger partial charge in [-0.25, -0.2) is 4.79 Å². The van der Waals surface area contributed by atoms with Crippen molar-refractivity contribution in [3.05, 3.63) is 34.4 Å². The van der Waals surface area contributed by atoms with Crippen molar-refractivity contribution in [1.82, 2.24) is 4.90 Å². The molecular weight excluding hydrogens is 290 g/mol. The zero-order valence-corrected chi connectivity index (χ0v) is 11.9. The number of hydrogen-bond acceptors (Lipinski definition) is 5. The van der Waals surface area contributed by atoms with Crippen LogP contribution in [0.4, 0.5) is 11.4 Å². The molecule has 1 unspecified atom stereocenters. The zero-order valence-electron chi connectivity index (χ0n) is 11.9. The molecule has 1 saturated heterocycles. The van der Waals surface area contributed by atoms with Gasteiger partial charge < -0.3 is 15.3 Å². The monoisotopic (exact) mass is 307 g/mol. The van der Waals surface area contributed by atoms with Crippen LogP contribution in [0.2, 0.25) is 0 Å². The Kier molecular flexibility index (Phi) is 4.92. The Morgan fingerprint density at radius 1 is 1.36 bits per heavy atom. The van der Waals surface area contributed by atoms with Gasteiger partial charge in [-0.2, -0.15) is 0 Å². The summed E-state index contributed by atoms with van der Waals surface area (Å²) >= 11 is 0. The van der Waals surface area contributed by atoms with E-state index in [1.807, 2.05) is 0 Å². The first-order valence-corrected chi connectivity index (χ1v) is 7.00. The molecule has 0 aliphatic carbocycles. The van der Waals surface area contributed by atoms with Gasteiger partial charge in [0.2, 0.25) is 5.91 Å². The van der Waals surface area contributed by atoms with E-state index in [1.54, 1.807) is 6.07 Å². The molecule has 1 aliphatic rings. The van der Waals surface area contributed by atoms with Crippen LogP contribution in [-0.2, 0) is 9.59 Å². The van der Waals surface area contributed by atoms with Crippen LogP contribution in [0.1, 0.15) is 19.3 Å². The quantitative estimate of drug-likeness (QED) is 0.629. The Labute approximate surface area is 126 Å². The number of hydrogen-bond donors (Lipinski definition) is 2. The molecule has 0 bridgehead atoms. The highest BCUT2D eigenvalue weighted by atomic mass is 16.6. The fraction of sp³-hybridized carbons (Fsp3) is 0.429. The lowest BCUT2D eigenvalue weighted by Crippen LogP contribution is -2.49. The number of piperidine rings is 1. The molecule has 22 heavy (non-hydrogen) atoms. The topological polar surface area (TPSA) is 113 Å². The summed E-state index contributed by atoms with van der Waals surface area (Å²) < 4.78 is 0. The summed E-state index contributed by atoms with van der Waals surface area (Å²) in [7, 11) is 0. The van der Waals surface area contributed by atoms with Gasteiger partial charge in [-0.1, -0.05) is 12.1 Å². The van der Waals surface area contributed by atoms with Gasteiger partial charge in [-0.05, 0) is 25.3 Å². The van der Waals surface area contributed by atoms with Crippen molar-refractivity contribution in [3.8, 4) is 0 Å². The number of anilines is 1. The summed E-state index contributed by atoms with van der Waals surface area (Å²) in [4.78, 5) is 35.1. The van der Waals surface area contributed by atoms with E-state index in [0.29, 0.717) is 13.0 Å². The number of nitrogens with one attached hydrogen (secondary N) is 1. The van der Waals surface area contributed by atoms with Gasteiger partial charge in [-0.3, -0.25) is 14.9 Å². The average molecular weight is 307 g/mol. The van der Waals surface area contributed by atoms with Crippen LogP contribution >= 0.6 is 0 Å². The predicted octanol–water partition coefficient (Wildman–Crippen LogP) is 1.47. The van der Waals surface area contributed by atoms with E-state index in [9.17, 15) is 19.7 Å². The van der Waals surface area contributed by atoms with Crippen LogP contribution < -0.4 is 5.32 Å². The SMILES string of the molecule is O=C(O)C1CCCCN1C(=O)CNc1ccccc1[N+](=O)[O-]. The molecule has 118 valence electrons. The van der Waals surface area contributed by atoms with Crippen molar-refractivity contribution in [2.75, 3.05) is 18.4 Å². The number of carboxylic acid groups (broad SMARTS) is 1. The lowest BCUT2D eigenvalue weighted by Gasteiger charge is -2.33. The van der Waals surface area contributed by atoms with Crippen molar-refractivity contribution < 1.29 is 19.6 Å². The zero-order chi connectivity index (χ0) is 16.1. The lowest BCUT2D eigenvalue weighted by atomic mass is 10.0. The van der Waals surface area contributed by atoms with Gasteiger partial charge in [0.15, 0.2) is 0 Å². The maximum atomic E-state index is 12.2. The molecule has 0 aromatic heterocycles. The van der Waals surface area contributed by atoms with Crippen LogP contribution in [-0.4, -0.2) is 45.9 Å². The van der Waals surface area contributed by atoms with Crippen molar-refractivity contribution in [2.24, 2.45) is 0 Å². The number of carbonyl (C=O) groups is 2. The fourth-order valence-corrected chi connectivity index (χ4v) is 2.54. The number of benzene rings is 1. The number of carbonyl (C=O) groups excluding carboxylic acids is 1. The standard InChI is InChI=1S/C14H17N3O5/c18-13(16-8-4-3-7-12(16)14(19)20)9-15-10-5-1-2-6-11(10)17(21)22/h1-2,5-6,12,15H,3-4,7-9H2,(H,19,20). The van der Waals surface area contributed by atoms with Crippen molar-refractivity contribution in [1.29, 1.82) is 0 Å². The molecule has 2 N–H and O–H groups in total. The van der Waals surface area contributed by atoms with E-state index in [4.69, 9.17) is 5.11 Å². The molecule has 1 fully saturated rings. The number of rotatable bonds is 5. The second-order valence-electron chi connectivity index (χ2n) is 5.06. The summed E-state index contributed by atoms with van der Waals surface area (Å²) in [6.07, 6.45) is 1.98. The van der Waals surface area contributed by atoms with E-state index in [0.717, 1.165) is 12.8 Å². The number of nitro groups is 1. The first-order valence-electron chi connectivity index (χ1n) is 7.00. The maximum Gasteiger partial charge on any atom is 0.326 e. The number of aliphatic carboxylic acids is 1. The van der Waals surface area contributed by atoms with Gasteiger partial charge in [-0.15, -0.1) is 0 Å². The summed E-state index contributed by atoms with van der Waals surface area (Å²) in [6, 6.07) is 5.20. The van der Waals surface area contributed by atoms with Crippen LogP contribution in [0.15, 0.2) is 24.3 Å². The van der Waals surface area contributed by atoms with E-state index >= 15 is 0 Å². The van der Waals surface area contributed by atoms with E-state index in [1.165, 1.54) is 23.1 Å². The van der Waals surface area contributed by atoms with Gasteiger partial charge >= 0.3 is 5.97 Å². The molecule has 1 aromatic carbocycles. The van der Waals surface area contributed by atoms with E-state index in [-0.39, 0.29) is 23.8 Å². The first-order chi connectivity index (χ1) is 10.5. The van der Waals surface area contributed by atoms with Crippen molar-refractivity contribution in [3.63, 3.8) is 0 Å². The molecule has 0 radical (unpaired) electrons. The highest BCUT2D eigenvalue weighted by Gasteiger charge is 2.31. The Bertz CT molecular complexity index is 590. The Hall–Kier alpha value is -2.64. The third kappa shape index (κ3) is 3.51. The van der Waals surface area contributed by atoms with Gasteiger partial charge in [0.05, 0.1) is 11.5 Å². The van der Waals surface area contributed by atoms with E-state index < -0.39 is 16.9 Å². The molecule has 1 aromatic rings. The molecule has 1 atom stereocenters. The van der Waals surface area contributed by atoms with Crippen LogP contribution in [0.3, 0.4) is 0 Å². The second kappa shape index (κ2) is 6.88. The van der Waals surface area contributed by atoms with Crippen LogP contribution in [0.5, 0.6) is 0 Å². The molecule has 1 heterocycles. The summed E-state index contributed by atoms with van der Waals surface area (Å²) in [5.74, 6) is -1.39. The minimum atomic E-state index is -1.02. The summed E-state index contributed by atoms with van der Waals surface area (Å²) in [5.41, 5.74) is 0.119. The predicted molar refractivity (Wildman–Crippen MR) is 78.6 cm³/mol. The molecule has 1 aliphatic heterocycles. The number of amides is 1. The molecule has 0 saturated carbocycles. The molecule has 8 heteroatoms. The Balaban J connectivity index is 2.03. The second-order valence-corrected chi connectivity index (χ2v) is 5.06. The maximum absolute atomic E-state index is 12.2. The number of nitro benzene ring substituents is 1. The van der Waals surface area contributed by atoms with Crippen LogP contribution in [0.25, 0.3) is 0 Å². The molecule has 8 nitrogen and oxygen atoms in total. The van der Waals surface area contributed by atoms with Gasteiger partial charge in [0.25, 0.3) is 5.69 Å². The van der Waals surface area contributed by atoms with Crippen LogP contribution in [0, 0.1) is 10.1 Å². The first kappa shape index (κ1) is 15.7.